The number of benzene rings is 2. The maximum Gasteiger partial charge on any atom is 0.327 e. The summed E-state index contributed by atoms with van der Waals surface area (Å²) in [5, 5.41) is 9.87. The number of carbonyl (C=O) groups is 1. The summed E-state index contributed by atoms with van der Waals surface area (Å²) in [6.45, 7) is 0. The average Bonchev–Trinajstić information content (AvgIpc) is 2.60. The van der Waals surface area contributed by atoms with E-state index in [9.17, 15) is 10.1 Å². The van der Waals surface area contributed by atoms with Gasteiger partial charge in [0.25, 0.3) is 0 Å². The Bertz CT molecular complexity index is 773. The number of methoxy groups -OCH3 is 1. The number of hydrogen-bond donors (Lipinski definition) is 0. The zero-order valence-corrected chi connectivity index (χ0v) is 12.2. The molecule has 0 radical (unpaired) electrons. The van der Waals surface area contributed by atoms with Crippen molar-refractivity contribution in [3.8, 4) is 6.07 Å². The van der Waals surface area contributed by atoms with Gasteiger partial charge in [0.2, 0.25) is 0 Å². The highest BCUT2D eigenvalue weighted by atomic mass is 16.5. The van der Waals surface area contributed by atoms with E-state index in [1.807, 2.05) is 36.4 Å². The van der Waals surface area contributed by atoms with Crippen LogP contribution in [-0.4, -0.2) is 13.1 Å². The molecule has 0 saturated carbocycles. The molecule has 0 heterocycles. The minimum absolute atomic E-state index is 0.0798. The number of nitriles is 1. The maximum absolute atomic E-state index is 12.5. The molecule has 0 amide bonds. The molecule has 1 unspecified atom stereocenters. The van der Waals surface area contributed by atoms with Crippen LogP contribution in [0.25, 0.3) is 0 Å². The SMILES string of the molecule is COC(=O)C1(C#N)CC2c3ccccc3C1c1ccccc12. The zero-order valence-electron chi connectivity index (χ0n) is 12.2. The van der Waals surface area contributed by atoms with Gasteiger partial charge < -0.3 is 4.74 Å². The van der Waals surface area contributed by atoms with Crippen LogP contribution in [0.2, 0.25) is 0 Å². The first kappa shape index (κ1) is 13.1. The Hall–Kier alpha value is -2.60. The van der Waals surface area contributed by atoms with Gasteiger partial charge in [-0.2, -0.15) is 5.26 Å². The minimum atomic E-state index is -1.12. The molecule has 108 valence electrons. The van der Waals surface area contributed by atoms with Crippen molar-refractivity contribution >= 4 is 5.97 Å². The number of hydrogen-bond acceptors (Lipinski definition) is 3. The first-order valence-corrected chi connectivity index (χ1v) is 7.40. The molecule has 3 aliphatic rings. The summed E-state index contributed by atoms with van der Waals surface area (Å²) in [4.78, 5) is 12.5. The molecule has 3 aliphatic carbocycles. The lowest BCUT2D eigenvalue weighted by Gasteiger charge is -2.48. The zero-order chi connectivity index (χ0) is 15.3. The van der Waals surface area contributed by atoms with Gasteiger partial charge in [0.1, 0.15) is 0 Å². The van der Waals surface area contributed by atoms with Crippen LogP contribution in [0.3, 0.4) is 0 Å². The second-order valence-corrected chi connectivity index (χ2v) is 6.02. The third kappa shape index (κ3) is 1.42. The molecule has 0 aromatic heterocycles. The largest absolute Gasteiger partial charge is 0.468 e. The minimum Gasteiger partial charge on any atom is -0.468 e. The van der Waals surface area contributed by atoms with Gasteiger partial charge >= 0.3 is 5.97 Å². The molecular weight excluding hydrogens is 274 g/mol. The van der Waals surface area contributed by atoms with Crippen LogP contribution >= 0.6 is 0 Å². The second kappa shape index (κ2) is 4.45. The van der Waals surface area contributed by atoms with Crippen molar-refractivity contribution in [2.24, 2.45) is 5.41 Å². The molecule has 2 bridgehead atoms. The van der Waals surface area contributed by atoms with E-state index in [0.29, 0.717) is 6.42 Å². The number of fused-ring (bicyclic) bond motifs is 1. The number of esters is 1. The highest BCUT2D eigenvalue weighted by molar-refractivity contribution is 5.85. The van der Waals surface area contributed by atoms with E-state index in [0.717, 1.165) is 11.1 Å². The van der Waals surface area contributed by atoms with Crippen LogP contribution in [-0.2, 0) is 9.53 Å². The number of carbonyl (C=O) groups excluding carboxylic acids is 1. The van der Waals surface area contributed by atoms with Crippen LogP contribution in [0, 0.1) is 16.7 Å². The first-order chi connectivity index (χ1) is 10.7. The van der Waals surface area contributed by atoms with Crippen molar-refractivity contribution in [3.05, 3.63) is 70.8 Å². The summed E-state index contributed by atoms with van der Waals surface area (Å²) >= 11 is 0. The van der Waals surface area contributed by atoms with Crippen molar-refractivity contribution < 1.29 is 9.53 Å². The van der Waals surface area contributed by atoms with Crippen LogP contribution in [0.15, 0.2) is 48.5 Å². The highest BCUT2D eigenvalue weighted by Gasteiger charge is 2.58. The molecule has 0 spiro atoms. The Labute approximate surface area is 129 Å². The van der Waals surface area contributed by atoms with E-state index >= 15 is 0 Å². The van der Waals surface area contributed by atoms with E-state index in [-0.39, 0.29) is 11.8 Å². The summed E-state index contributed by atoms with van der Waals surface area (Å²) in [7, 11) is 1.36. The highest BCUT2D eigenvalue weighted by Crippen LogP contribution is 2.61. The fourth-order valence-corrected chi connectivity index (χ4v) is 4.25. The predicted octanol–water partition coefficient (Wildman–Crippen LogP) is 3.35. The standard InChI is InChI=1S/C19H15NO2/c1-22-18(21)19(11-20)10-16-12-6-2-4-8-14(12)17(19)15-9-5-3-7-13(15)16/h2-9,16-17H,10H2,1H3. The smallest absolute Gasteiger partial charge is 0.327 e. The van der Waals surface area contributed by atoms with Gasteiger partial charge in [-0.25, -0.2) is 0 Å². The summed E-state index contributed by atoms with van der Waals surface area (Å²) in [5.74, 6) is -0.590. The van der Waals surface area contributed by atoms with Gasteiger partial charge in [0.15, 0.2) is 5.41 Å². The second-order valence-electron chi connectivity index (χ2n) is 6.02. The fraction of sp³-hybridized carbons (Fsp3) is 0.263. The molecule has 2 aromatic rings. The van der Waals surface area contributed by atoms with E-state index in [2.05, 4.69) is 18.2 Å². The lowest BCUT2D eigenvalue weighted by molar-refractivity contribution is -0.151. The van der Waals surface area contributed by atoms with Gasteiger partial charge in [-0.15, -0.1) is 0 Å². The van der Waals surface area contributed by atoms with Crippen molar-refractivity contribution in [2.75, 3.05) is 7.11 Å². The van der Waals surface area contributed by atoms with Gasteiger partial charge in [-0.05, 0) is 28.7 Å². The third-order valence-electron chi connectivity index (χ3n) is 5.13. The van der Waals surface area contributed by atoms with E-state index in [1.54, 1.807) is 0 Å². The van der Waals surface area contributed by atoms with Crippen molar-refractivity contribution in [1.82, 2.24) is 0 Å². The van der Waals surface area contributed by atoms with Gasteiger partial charge in [0.05, 0.1) is 13.2 Å². The van der Waals surface area contributed by atoms with Gasteiger partial charge in [0, 0.05) is 11.8 Å². The molecule has 0 saturated heterocycles. The quantitative estimate of drug-likeness (QED) is 0.756. The number of nitrogens with zero attached hydrogens (tertiary/aromatic N) is 1. The summed E-state index contributed by atoms with van der Waals surface area (Å²) < 4.78 is 5.01. The summed E-state index contributed by atoms with van der Waals surface area (Å²) in [6.07, 6.45) is 0.495. The fourth-order valence-electron chi connectivity index (χ4n) is 4.25. The maximum atomic E-state index is 12.5. The van der Waals surface area contributed by atoms with Crippen LogP contribution in [0.5, 0.6) is 0 Å². The molecule has 0 aliphatic heterocycles. The Kier molecular flexibility index (Phi) is 2.65. The Morgan fingerprint density at radius 1 is 1.09 bits per heavy atom. The normalized spacial score (nSPS) is 27.5. The molecule has 3 nitrogen and oxygen atoms in total. The summed E-state index contributed by atoms with van der Waals surface area (Å²) in [5.41, 5.74) is 3.53. The molecule has 3 heteroatoms. The summed E-state index contributed by atoms with van der Waals surface area (Å²) in [6, 6.07) is 18.6. The molecular formula is C19H15NO2. The molecule has 22 heavy (non-hydrogen) atoms. The third-order valence-corrected chi connectivity index (χ3v) is 5.13. The lowest BCUT2D eigenvalue weighted by Crippen LogP contribution is -2.46. The molecule has 2 aromatic carbocycles. The van der Waals surface area contributed by atoms with Crippen LogP contribution < -0.4 is 0 Å². The van der Waals surface area contributed by atoms with E-state index in [4.69, 9.17) is 4.74 Å². The molecule has 0 fully saturated rings. The van der Waals surface area contributed by atoms with Gasteiger partial charge in [-0.1, -0.05) is 48.5 Å². The van der Waals surface area contributed by atoms with Crippen LogP contribution in [0.1, 0.15) is 40.5 Å². The van der Waals surface area contributed by atoms with E-state index in [1.165, 1.54) is 18.2 Å². The Morgan fingerprint density at radius 2 is 1.59 bits per heavy atom. The molecule has 0 N–H and O–H groups in total. The van der Waals surface area contributed by atoms with Crippen molar-refractivity contribution in [2.45, 2.75) is 18.3 Å². The van der Waals surface area contributed by atoms with Crippen LogP contribution in [0.4, 0.5) is 0 Å². The number of ether oxygens (including phenoxy) is 1. The number of rotatable bonds is 1. The topological polar surface area (TPSA) is 50.1 Å². The van der Waals surface area contributed by atoms with Crippen molar-refractivity contribution in [1.29, 1.82) is 5.26 Å². The van der Waals surface area contributed by atoms with Gasteiger partial charge in [-0.3, -0.25) is 4.79 Å². The lowest BCUT2D eigenvalue weighted by atomic mass is 9.52. The average molecular weight is 289 g/mol. The van der Waals surface area contributed by atoms with E-state index < -0.39 is 11.4 Å². The Balaban J connectivity index is 2.05. The molecule has 1 atom stereocenters. The Morgan fingerprint density at radius 3 is 2.05 bits per heavy atom. The predicted molar refractivity (Wildman–Crippen MR) is 81.2 cm³/mol. The molecule has 5 rings (SSSR count). The monoisotopic (exact) mass is 289 g/mol. The van der Waals surface area contributed by atoms with Crippen molar-refractivity contribution in [3.63, 3.8) is 0 Å². The first-order valence-electron chi connectivity index (χ1n) is 7.40.